The molecule has 8 nitrogen and oxygen atoms in total. The Bertz CT molecular complexity index is 1430. The molecule has 41 heavy (non-hydrogen) atoms. The largest absolute Gasteiger partial charge is 0.494 e. The number of rotatable bonds is 14. The Morgan fingerprint density at radius 1 is 1.02 bits per heavy atom. The van der Waals surface area contributed by atoms with Crippen molar-refractivity contribution in [2.75, 3.05) is 38.4 Å². The van der Waals surface area contributed by atoms with Gasteiger partial charge in [-0.25, -0.2) is 13.2 Å². The lowest BCUT2D eigenvalue weighted by atomic mass is 9.91. The molecule has 0 N–H and O–H groups in total. The van der Waals surface area contributed by atoms with Gasteiger partial charge in [-0.2, -0.15) is 0 Å². The molecular formula is C31H35ClO8S. The van der Waals surface area contributed by atoms with Crippen molar-refractivity contribution in [2.45, 2.75) is 38.6 Å². The third-order valence-electron chi connectivity index (χ3n) is 6.58. The molecule has 1 aliphatic rings. The zero-order chi connectivity index (χ0) is 29.5. The highest BCUT2D eigenvalue weighted by molar-refractivity contribution is 7.90. The molecule has 3 aromatic carbocycles. The lowest BCUT2D eigenvalue weighted by molar-refractivity contribution is -0.239. The second-order valence-corrected chi connectivity index (χ2v) is 12.7. The van der Waals surface area contributed by atoms with Crippen LogP contribution in [0.3, 0.4) is 0 Å². The topological polar surface area (TPSA) is 97.4 Å². The van der Waals surface area contributed by atoms with Crippen LogP contribution in [0.5, 0.6) is 11.5 Å². The molecule has 0 amide bonds. The summed E-state index contributed by atoms with van der Waals surface area (Å²) in [6.07, 6.45) is 0.925. The van der Waals surface area contributed by atoms with E-state index in [0.29, 0.717) is 56.0 Å². The molecule has 0 radical (unpaired) electrons. The summed E-state index contributed by atoms with van der Waals surface area (Å²) < 4.78 is 50.8. The van der Waals surface area contributed by atoms with Gasteiger partial charge in [0.25, 0.3) is 0 Å². The van der Waals surface area contributed by atoms with Gasteiger partial charge in [-0.15, -0.1) is 0 Å². The van der Waals surface area contributed by atoms with Crippen LogP contribution in [0.1, 0.15) is 31.4 Å². The highest BCUT2D eigenvalue weighted by Crippen LogP contribution is 2.36. The van der Waals surface area contributed by atoms with Crippen molar-refractivity contribution in [3.8, 4) is 22.6 Å². The predicted octanol–water partition coefficient (Wildman–Crippen LogP) is 5.59. The molecule has 1 aliphatic heterocycles. The van der Waals surface area contributed by atoms with Gasteiger partial charge in [0.1, 0.15) is 33.5 Å². The highest BCUT2D eigenvalue weighted by Gasteiger charge is 2.44. The van der Waals surface area contributed by atoms with E-state index in [1.807, 2.05) is 60.7 Å². The van der Waals surface area contributed by atoms with E-state index in [9.17, 15) is 13.2 Å². The Hall–Kier alpha value is -3.11. The highest BCUT2D eigenvalue weighted by atomic mass is 35.5. The van der Waals surface area contributed by atoms with E-state index >= 15 is 0 Å². The molecular weight excluding hydrogens is 568 g/mol. The van der Waals surface area contributed by atoms with Crippen LogP contribution in [-0.2, 0) is 41.1 Å². The predicted molar refractivity (Wildman–Crippen MR) is 157 cm³/mol. The maximum Gasteiger partial charge on any atom is 0.334 e. The van der Waals surface area contributed by atoms with E-state index in [1.54, 1.807) is 19.9 Å². The third kappa shape index (κ3) is 8.45. The summed E-state index contributed by atoms with van der Waals surface area (Å²) in [6, 6.07) is 21.0. The van der Waals surface area contributed by atoms with Crippen LogP contribution < -0.4 is 9.47 Å². The van der Waals surface area contributed by atoms with Gasteiger partial charge in [0.15, 0.2) is 6.10 Å². The van der Waals surface area contributed by atoms with Gasteiger partial charge in [0.05, 0.1) is 37.2 Å². The van der Waals surface area contributed by atoms with Crippen LogP contribution in [0.4, 0.5) is 0 Å². The fourth-order valence-corrected chi connectivity index (χ4v) is 5.34. The Kier molecular flexibility index (Phi) is 10.3. The van der Waals surface area contributed by atoms with Gasteiger partial charge in [0, 0.05) is 11.8 Å². The van der Waals surface area contributed by atoms with Crippen LogP contribution >= 0.6 is 11.6 Å². The minimum Gasteiger partial charge on any atom is -0.494 e. The molecule has 0 bridgehead atoms. The van der Waals surface area contributed by atoms with Crippen molar-refractivity contribution in [3.63, 3.8) is 0 Å². The first-order chi connectivity index (χ1) is 19.6. The van der Waals surface area contributed by atoms with Crippen LogP contribution in [0.2, 0.25) is 5.02 Å². The van der Waals surface area contributed by atoms with E-state index in [2.05, 4.69) is 0 Å². The smallest absolute Gasteiger partial charge is 0.334 e. The fraction of sp³-hybridized carbons (Fsp3) is 0.387. The number of ether oxygens (including phenoxy) is 5. The molecule has 4 rings (SSSR count). The number of hydrogen-bond donors (Lipinski definition) is 0. The van der Waals surface area contributed by atoms with Gasteiger partial charge in [0.2, 0.25) is 0 Å². The summed E-state index contributed by atoms with van der Waals surface area (Å²) in [5.41, 5.74) is 2.99. The van der Waals surface area contributed by atoms with Gasteiger partial charge in [-0.3, -0.25) is 0 Å². The molecule has 0 spiro atoms. The average molecular weight is 603 g/mol. The Balaban J connectivity index is 1.35. The third-order valence-corrected chi connectivity index (χ3v) is 7.93. The summed E-state index contributed by atoms with van der Waals surface area (Å²) in [5.74, 6) is 0.973. The van der Waals surface area contributed by atoms with E-state index in [-0.39, 0.29) is 5.75 Å². The summed E-state index contributed by atoms with van der Waals surface area (Å²) in [5, 5.41) is 0.535. The molecule has 1 atom stereocenters. The van der Waals surface area contributed by atoms with Crippen molar-refractivity contribution in [3.05, 3.63) is 82.9 Å². The Morgan fingerprint density at radius 3 is 2.39 bits per heavy atom. The minimum absolute atomic E-state index is 0.0817. The maximum absolute atomic E-state index is 12.1. The van der Waals surface area contributed by atoms with Crippen LogP contribution in [0, 0.1) is 0 Å². The van der Waals surface area contributed by atoms with Crippen LogP contribution in [-0.4, -0.2) is 58.9 Å². The second-order valence-electron chi connectivity index (χ2n) is 9.99. The summed E-state index contributed by atoms with van der Waals surface area (Å²) in [4.78, 5) is 12.1. The Morgan fingerprint density at radius 2 is 1.76 bits per heavy atom. The molecule has 1 fully saturated rings. The van der Waals surface area contributed by atoms with E-state index in [4.69, 9.17) is 35.3 Å². The lowest BCUT2D eigenvalue weighted by Gasteiger charge is -2.42. The number of sulfone groups is 1. The number of halogens is 1. The summed E-state index contributed by atoms with van der Waals surface area (Å²) in [6.45, 7) is 5.13. The molecule has 220 valence electrons. The number of carbonyl (C=O) groups is 1. The monoisotopic (exact) mass is 602 g/mol. The van der Waals surface area contributed by atoms with Crippen LogP contribution in [0.25, 0.3) is 11.1 Å². The molecule has 0 aliphatic carbocycles. The number of hydrogen-bond acceptors (Lipinski definition) is 8. The van der Waals surface area contributed by atoms with Gasteiger partial charge >= 0.3 is 5.97 Å². The summed E-state index contributed by atoms with van der Waals surface area (Å²) >= 11 is 6.56. The van der Waals surface area contributed by atoms with Crippen LogP contribution in [0.15, 0.2) is 66.7 Å². The zero-order valence-corrected chi connectivity index (χ0v) is 25.0. The SMILES string of the molecule is CCOC(=O)C(C)OC1(c2ccc(OCc3cccc(-c4ccc(OCCCS(C)(=O)=O)cc4Cl)c3)cc2)COC1. The molecule has 0 aromatic heterocycles. The second kappa shape index (κ2) is 13.7. The molecule has 10 heteroatoms. The molecule has 0 saturated carbocycles. The first kappa shape index (κ1) is 30.8. The van der Waals surface area contributed by atoms with E-state index < -0.39 is 27.5 Å². The van der Waals surface area contributed by atoms with Crippen molar-refractivity contribution in [1.82, 2.24) is 0 Å². The number of benzene rings is 3. The first-order valence-corrected chi connectivity index (χ1v) is 15.9. The fourth-order valence-electron chi connectivity index (χ4n) is 4.42. The van der Waals surface area contributed by atoms with Crippen molar-refractivity contribution < 1.29 is 36.9 Å². The van der Waals surface area contributed by atoms with Gasteiger partial charge < -0.3 is 23.7 Å². The molecule has 3 aromatic rings. The molecule has 1 heterocycles. The number of carbonyl (C=O) groups excluding carboxylic acids is 1. The van der Waals surface area contributed by atoms with Crippen molar-refractivity contribution in [1.29, 1.82) is 0 Å². The van der Waals surface area contributed by atoms with E-state index in [1.165, 1.54) is 6.26 Å². The standard InChI is InChI=1S/C31H35ClO8S/c1-4-37-30(33)22(2)40-31(20-36-21-31)25-9-11-26(12-10-25)39-19-23-7-5-8-24(17-23)28-14-13-27(18-29(28)32)38-15-6-16-41(3,34)35/h5,7-14,17-18,22H,4,6,15-16,19-21H2,1-3H3. The molecule has 1 unspecified atom stereocenters. The molecule has 1 saturated heterocycles. The van der Waals surface area contributed by atoms with E-state index in [0.717, 1.165) is 22.3 Å². The Labute approximate surface area is 246 Å². The van der Waals surface area contributed by atoms with Gasteiger partial charge in [-0.05, 0) is 73.4 Å². The zero-order valence-electron chi connectivity index (χ0n) is 23.4. The van der Waals surface area contributed by atoms with Crippen molar-refractivity contribution >= 4 is 27.4 Å². The normalized spacial score (nSPS) is 15.0. The lowest BCUT2D eigenvalue weighted by Crippen LogP contribution is -2.51. The van der Waals surface area contributed by atoms with Gasteiger partial charge in [-0.1, -0.05) is 41.9 Å². The first-order valence-electron chi connectivity index (χ1n) is 13.4. The quantitative estimate of drug-likeness (QED) is 0.174. The summed E-state index contributed by atoms with van der Waals surface area (Å²) in [7, 11) is -3.01. The van der Waals surface area contributed by atoms with Crippen molar-refractivity contribution in [2.24, 2.45) is 0 Å². The number of esters is 1. The average Bonchev–Trinajstić information content (AvgIpc) is 2.92. The minimum atomic E-state index is -3.01. The maximum atomic E-state index is 12.1.